The van der Waals surface area contributed by atoms with Gasteiger partial charge < -0.3 is 41.0 Å². The van der Waals surface area contributed by atoms with Crippen molar-refractivity contribution in [1.82, 2.24) is 0 Å². The highest BCUT2D eigenvalue weighted by Gasteiger charge is 2.22. The standard InChI is InChI=1S/C21H19NO5.BrH/c1-24-16-6-5-12-9-15-19-13(7-8-22(15)11-14(12)20(16)23)17(25-2)10-18(26-3)21(19)27-4;/h5-11H,1-4H3;1H. The third-order valence-electron chi connectivity index (χ3n) is 4.82. The number of phenols is 1. The molecule has 0 fully saturated rings. The minimum atomic E-state index is 0. The molecule has 0 atom stereocenters. The van der Waals surface area contributed by atoms with E-state index in [2.05, 4.69) is 0 Å². The second-order valence-corrected chi connectivity index (χ2v) is 6.10. The normalized spacial score (nSPS) is 10.7. The Morgan fingerprint density at radius 1 is 0.786 bits per heavy atom. The Kier molecular flexibility index (Phi) is 5.38. The summed E-state index contributed by atoms with van der Waals surface area (Å²) in [7, 11) is 6.38. The maximum absolute atomic E-state index is 10.5. The van der Waals surface area contributed by atoms with Crippen LogP contribution in [0.15, 0.2) is 42.7 Å². The molecule has 4 rings (SSSR count). The predicted molar refractivity (Wildman–Crippen MR) is 102 cm³/mol. The molecule has 2 heterocycles. The molecule has 146 valence electrons. The van der Waals surface area contributed by atoms with Crippen LogP contribution in [0.3, 0.4) is 0 Å². The highest BCUT2D eigenvalue weighted by molar-refractivity contribution is 6.06. The summed E-state index contributed by atoms with van der Waals surface area (Å²) in [5.41, 5.74) is 0.901. The Morgan fingerprint density at radius 3 is 2.14 bits per heavy atom. The van der Waals surface area contributed by atoms with Crippen molar-refractivity contribution in [3.8, 4) is 28.7 Å². The summed E-state index contributed by atoms with van der Waals surface area (Å²) in [5, 5.41) is 13.8. The monoisotopic (exact) mass is 445 g/mol. The van der Waals surface area contributed by atoms with Crippen LogP contribution in [0.25, 0.3) is 27.1 Å². The number of hydrogen-bond acceptors (Lipinski definition) is 5. The Morgan fingerprint density at radius 2 is 1.50 bits per heavy atom. The van der Waals surface area contributed by atoms with E-state index in [0.29, 0.717) is 28.4 Å². The lowest BCUT2D eigenvalue weighted by Crippen LogP contribution is -3.00. The van der Waals surface area contributed by atoms with Crippen LogP contribution in [-0.4, -0.2) is 33.5 Å². The van der Waals surface area contributed by atoms with Crippen molar-refractivity contribution in [3.05, 3.63) is 42.7 Å². The van der Waals surface area contributed by atoms with Crippen molar-refractivity contribution < 1.29 is 45.4 Å². The number of aromatic nitrogens is 1. The lowest BCUT2D eigenvalue weighted by Gasteiger charge is -2.14. The van der Waals surface area contributed by atoms with Crippen LogP contribution < -0.4 is 40.3 Å². The first kappa shape index (κ1) is 19.8. The van der Waals surface area contributed by atoms with Gasteiger partial charge >= 0.3 is 0 Å². The van der Waals surface area contributed by atoms with Crippen LogP contribution in [0, 0.1) is 0 Å². The largest absolute Gasteiger partial charge is 1.00 e. The lowest BCUT2D eigenvalue weighted by atomic mass is 10.0. The highest BCUT2D eigenvalue weighted by atomic mass is 79.9. The third-order valence-corrected chi connectivity index (χ3v) is 4.82. The molecule has 28 heavy (non-hydrogen) atoms. The summed E-state index contributed by atoms with van der Waals surface area (Å²) in [6.45, 7) is 0. The van der Waals surface area contributed by atoms with Crippen molar-refractivity contribution in [2.45, 2.75) is 0 Å². The summed E-state index contributed by atoms with van der Waals surface area (Å²) >= 11 is 0. The quantitative estimate of drug-likeness (QED) is 0.281. The number of fused-ring (bicyclic) bond motifs is 4. The first-order chi connectivity index (χ1) is 13.1. The van der Waals surface area contributed by atoms with Crippen LogP contribution in [0.1, 0.15) is 0 Å². The molecule has 2 aromatic carbocycles. The minimum absolute atomic E-state index is 0. The van der Waals surface area contributed by atoms with Gasteiger partial charge in [0.1, 0.15) is 11.1 Å². The number of hydrogen-bond donors (Lipinski definition) is 1. The van der Waals surface area contributed by atoms with Gasteiger partial charge in [0.2, 0.25) is 5.52 Å². The molecular weight excluding hydrogens is 426 g/mol. The van der Waals surface area contributed by atoms with Gasteiger partial charge in [-0.1, -0.05) is 0 Å². The van der Waals surface area contributed by atoms with Crippen LogP contribution in [0.5, 0.6) is 28.7 Å². The zero-order chi connectivity index (χ0) is 19.1. The summed E-state index contributed by atoms with van der Waals surface area (Å²) in [6.07, 6.45) is 3.79. The van der Waals surface area contributed by atoms with Gasteiger partial charge in [-0.2, -0.15) is 4.40 Å². The van der Waals surface area contributed by atoms with Crippen LogP contribution >= 0.6 is 0 Å². The van der Waals surface area contributed by atoms with Crippen molar-refractivity contribution >= 4 is 27.1 Å². The molecule has 0 aliphatic rings. The molecular formula is C21H20BrNO5. The van der Waals surface area contributed by atoms with Gasteiger partial charge in [-0.3, -0.25) is 0 Å². The number of methoxy groups -OCH3 is 4. The average Bonchev–Trinajstić information content (AvgIpc) is 2.71. The number of benzene rings is 2. The van der Waals surface area contributed by atoms with Crippen molar-refractivity contribution in [2.75, 3.05) is 28.4 Å². The van der Waals surface area contributed by atoms with Crippen molar-refractivity contribution in [1.29, 1.82) is 0 Å². The fraction of sp³-hybridized carbons (Fsp3) is 0.190. The fourth-order valence-corrected chi connectivity index (χ4v) is 3.51. The van der Waals surface area contributed by atoms with E-state index >= 15 is 0 Å². The maximum Gasteiger partial charge on any atom is 0.223 e. The van der Waals surface area contributed by atoms with Crippen LogP contribution in [0.4, 0.5) is 0 Å². The number of aromatic hydroxyl groups is 1. The summed E-state index contributed by atoms with van der Waals surface area (Å²) < 4.78 is 23.9. The van der Waals surface area contributed by atoms with E-state index in [9.17, 15) is 5.11 Å². The molecule has 4 aromatic rings. The zero-order valence-corrected chi connectivity index (χ0v) is 17.5. The molecule has 0 saturated carbocycles. The topological polar surface area (TPSA) is 61.2 Å². The first-order valence-electron chi connectivity index (χ1n) is 8.39. The smallest absolute Gasteiger partial charge is 0.223 e. The van der Waals surface area contributed by atoms with Crippen molar-refractivity contribution in [3.63, 3.8) is 0 Å². The number of ether oxygens (including phenoxy) is 4. The molecule has 6 nitrogen and oxygen atoms in total. The Bertz CT molecular complexity index is 1190. The van der Waals surface area contributed by atoms with E-state index in [4.69, 9.17) is 18.9 Å². The zero-order valence-electron chi connectivity index (χ0n) is 15.9. The molecule has 7 heteroatoms. The predicted octanol–water partition coefficient (Wildman–Crippen LogP) is 0.476. The minimum Gasteiger partial charge on any atom is -1.00 e. The van der Waals surface area contributed by atoms with Crippen LogP contribution in [0.2, 0.25) is 0 Å². The van der Waals surface area contributed by atoms with E-state index in [-0.39, 0.29) is 22.7 Å². The second-order valence-electron chi connectivity index (χ2n) is 6.10. The fourth-order valence-electron chi connectivity index (χ4n) is 3.51. The Hall–Kier alpha value is -2.93. The molecule has 2 aromatic heterocycles. The maximum atomic E-state index is 10.5. The number of phenolic OH excluding ortho intramolecular Hbond substituents is 1. The SMILES string of the molecule is COc1ccc2cc3c4c(OC)c(OC)cc(OC)c4cc[n+]3cc2c1O.[Br-]. The van der Waals surface area contributed by atoms with Crippen LogP contribution in [-0.2, 0) is 0 Å². The Labute approximate surface area is 172 Å². The van der Waals surface area contributed by atoms with Gasteiger partial charge in [0.25, 0.3) is 0 Å². The van der Waals surface area contributed by atoms with E-state index in [0.717, 1.165) is 21.7 Å². The molecule has 0 saturated heterocycles. The van der Waals surface area contributed by atoms with Gasteiger partial charge in [-0.05, 0) is 17.5 Å². The molecule has 0 aliphatic carbocycles. The van der Waals surface area contributed by atoms with E-state index < -0.39 is 0 Å². The third kappa shape index (κ3) is 2.82. The highest BCUT2D eigenvalue weighted by Crippen LogP contribution is 2.43. The molecule has 0 unspecified atom stereocenters. The lowest BCUT2D eigenvalue weighted by molar-refractivity contribution is -0.509. The summed E-state index contributed by atoms with van der Waals surface area (Å²) in [5.74, 6) is 2.46. The summed E-state index contributed by atoms with van der Waals surface area (Å²) in [6, 6.07) is 9.42. The molecule has 0 spiro atoms. The molecule has 0 amide bonds. The molecule has 0 bridgehead atoms. The number of rotatable bonds is 4. The van der Waals surface area contributed by atoms with E-state index in [1.165, 1.54) is 7.11 Å². The summed E-state index contributed by atoms with van der Waals surface area (Å²) in [4.78, 5) is 0. The first-order valence-corrected chi connectivity index (χ1v) is 8.39. The molecule has 0 radical (unpaired) electrons. The van der Waals surface area contributed by atoms with Gasteiger partial charge in [0, 0.05) is 23.6 Å². The Balaban J connectivity index is 0.00000225. The van der Waals surface area contributed by atoms with E-state index in [1.54, 1.807) is 27.4 Å². The average molecular weight is 446 g/mol. The number of halogens is 1. The van der Waals surface area contributed by atoms with E-state index in [1.807, 2.05) is 41.1 Å². The van der Waals surface area contributed by atoms with Crippen molar-refractivity contribution in [2.24, 2.45) is 0 Å². The van der Waals surface area contributed by atoms with Gasteiger partial charge in [-0.25, -0.2) is 0 Å². The van der Waals surface area contributed by atoms with Gasteiger partial charge in [-0.15, -0.1) is 0 Å². The number of pyridine rings is 2. The molecule has 1 N–H and O–H groups in total. The number of nitrogens with zero attached hydrogens (tertiary/aromatic N) is 1. The van der Waals surface area contributed by atoms with Gasteiger partial charge in [0.15, 0.2) is 35.4 Å². The van der Waals surface area contributed by atoms with Gasteiger partial charge in [0.05, 0.1) is 33.8 Å². The molecule has 0 aliphatic heterocycles. The second kappa shape index (κ2) is 7.59.